The van der Waals surface area contributed by atoms with Gasteiger partial charge in [-0.3, -0.25) is 19.2 Å². The second-order valence-electron chi connectivity index (χ2n) is 19.3. The van der Waals surface area contributed by atoms with Crippen molar-refractivity contribution in [3.8, 4) is 22.3 Å². The molecule has 79 heavy (non-hydrogen) atoms. The summed E-state index contributed by atoms with van der Waals surface area (Å²) in [5.41, 5.74) is -13.9. The Bertz CT molecular complexity index is 2910. The molecule has 0 bridgehead atoms. The van der Waals surface area contributed by atoms with E-state index in [1.165, 1.54) is 58.3 Å². The molecule has 4 aromatic carbocycles. The van der Waals surface area contributed by atoms with E-state index in [9.17, 15) is 29.4 Å². The average Bonchev–Trinajstić information content (AvgIpc) is 3.43. The van der Waals surface area contributed by atoms with Crippen LogP contribution in [0.25, 0.3) is 34.4 Å². The molecule has 0 atom stereocenters. The van der Waals surface area contributed by atoms with Gasteiger partial charge in [0.15, 0.2) is 0 Å². The van der Waals surface area contributed by atoms with Gasteiger partial charge in [0, 0.05) is 85.7 Å². The van der Waals surface area contributed by atoms with E-state index >= 15 is 52.7 Å². The lowest BCUT2D eigenvalue weighted by molar-refractivity contribution is -0.164. The summed E-state index contributed by atoms with van der Waals surface area (Å²) in [6.45, 7) is 0.709. The molecule has 4 heterocycles. The molecule has 0 unspecified atom stereocenters. The molecule has 0 spiro atoms. The van der Waals surface area contributed by atoms with Gasteiger partial charge in [-0.2, -0.15) is 52.7 Å². The van der Waals surface area contributed by atoms with Crippen LogP contribution >= 0.6 is 11.8 Å². The molecule has 0 aliphatic carbocycles. The molecule has 2 N–H and O–H groups in total. The normalized spacial score (nSPS) is 17.4. The van der Waals surface area contributed by atoms with E-state index in [1.54, 1.807) is 34.1 Å². The van der Waals surface area contributed by atoms with E-state index < -0.39 is 126 Å². The number of alkyl halides is 12. The minimum atomic E-state index is -6.09. The maximum atomic E-state index is 15.9. The molecule has 4 aliphatic heterocycles. The van der Waals surface area contributed by atoms with Crippen LogP contribution in [-0.2, 0) is 43.9 Å². The van der Waals surface area contributed by atoms with Gasteiger partial charge in [0.25, 0.3) is 0 Å². The summed E-state index contributed by atoms with van der Waals surface area (Å²) in [5.74, 6) is -5.38. The van der Waals surface area contributed by atoms with E-state index in [1.807, 2.05) is 0 Å². The Balaban J connectivity index is 1.40. The Labute approximate surface area is 449 Å². The zero-order valence-electron chi connectivity index (χ0n) is 41.7. The molecule has 0 saturated carbocycles. The second-order valence-corrected chi connectivity index (χ2v) is 20.4. The van der Waals surface area contributed by atoms with Gasteiger partial charge in [0.2, 0.25) is 11.8 Å². The number of halogens is 12. The molecule has 420 valence electrons. The zero-order chi connectivity index (χ0) is 57.2. The fourth-order valence-electron chi connectivity index (χ4n) is 10.3. The lowest BCUT2D eigenvalue weighted by Gasteiger charge is -2.32. The summed E-state index contributed by atoms with van der Waals surface area (Å²) >= 11 is -0.631. The number of rotatable bonds is 12. The Morgan fingerprint density at radius 2 is 0.835 bits per heavy atom. The molecule has 2 amide bonds. The molecule has 2 saturated heterocycles. The molecule has 4 aliphatic rings. The third-order valence-corrected chi connectivity index (χ3v) is 15.4. The van der Waals surface area contributed by atoms with Crippen molar-refractivity contribution in [2.75, 3.05) is 62.2 Å². The van der Waals surface area contributed by atoms with Gasteiger partial charge in [-0.1, -0.05) is 60.3 Å². The van der Waals surface area contributed by atoms with Crippen LogP contribution in [0.2, 0.25) is 0 Å². The minimum Gasteiger partial charge on any atom is -0.481 e. The number of aliphatic carboxylic acids is 2. The predicted molar refractivity (Wildman–Crippen MR) is 272 cm³/mol. The first-order valence-corrected chi connectivity index (χ1v) is 25.8. The Morgan fingerprint density at radius 1 is 0.481 bits per heavy atom. The van der Waals surface area contributed by atoms with Crippen molar-refractivity contribution >= 4 is 59.0 Å². The third kappa shape index (κ3) is 13.3. The molecule has 10 nitrogen and oxygen atoms in total. The molecule has 23 heteroatoms. The minimum absolute atomic E-state index is 0.00624. The van der Waals surface area contributed by atoms with Gasteiger partial charge in [-0.25, -0.2) is 0 Å². The number of hydrogen-bond donors (Lipinski definition) is 2. The molecule has 0 aromatic heterocycles. The number of nitrogens with zero attached hydrogens (tertiary/aromatic N) is 4. The summed E-state index contributed by atoms with van der Waals surface area (Å²) in [6, 6.07) is 11.6. The maximum absolute atomic E-state index is 15.9. The molecule has 2 fully saturated rings. The number of amides is 2. The highest BCUT2D eigenvalue weighted by Crippen LogP contribution is 2.55. The van der Waals surface area contributed by atoms with E-state index in [0.29, 0.717) is 49.3 Å². The van der Waals surface area contributed by atoms with Gasteiger partial charge in [-0.05, 0) is 120 Å². The SMILES string of the molecule is O=C(O)C1CCN(c2cccc(-c3cc(Sc4cc(-c5cccc(N6CCC(C(=O)O)CC6)c5)c(C=CC(=O)N5CC=CCC5)c(C(F)(F)F)c4C(F)(F)F)c(C(F)(F)F)c(C(F)(F)F)c3C=CC(=O)N3CC=CCC3)c2)CC1. The monoisotopic (exact) mass is 1130 g/mol. The first-order chi connectivity index (χ1) is 37.2. The number of hydrogen-bond acceptors (Lipinski definition) is 7. The molecule has 8 rings (SSSR count). The fourth-order valence-corrected chi connectivity index (χ4v) is 11.5. The first kappa shape index (κ1) is 58.0. The van der Waals surface area contributed by atoms with Gasteiger partial charge in [0.05, 0.1) is 34.1 Å². The molecule has 4 aromatic rings. The van der Waals surface area contributed by atoms with Crippen molar-refractivity contribution in [2.45, 2.75) is 73.0 Å². The number of anilines is 2. The number of carboxylic acids is 2. The van der Waals surface area contributed by atoms with Gasteiger partial charge in [-0.15, -0.1) is 0 Å². The van der Waals surface area contributed by atoms with E-state index in [2.05, 4.69) is 0 Å². The number of carbonyl (C=O) groups is 4. The Kier molecular flexibility index (Phi) is 17.1. The van der Waals surface area contributed by atoms with Gasteiger partial charge >= 0.3 is 36.6 Å². The lowest BCUT2D eigenvalue weighted by Crippen LogP contribution is -2.36. The van der Waals surface area contributed by atoms with E-state index in [-0.39, 0.29) is 101 Å². The highest BCUT2D eigenvalue weighted by molar-refractivity contribution is 7.99. The number of carbonyl (C=O) groups excluding carboxylic acids is 2. The van der Waals surface area contributed by atoms with E-state index in [0.717, 1.165) is 0 Å². The summed E-state index contributed by atoms with van der Waals surface area (Å²) in [6.07, 6.45) is -14.0. The van der Waals surface area contributed by atoms with Crippen LogP contribution in [0.3, 0.4) is 0 Å². The first-order valence-electron chi connectivity index (χ1n) is 25.0. The van der Waals surface area contributed by atoms with Crippen LogP contribution in [-0.4, -0.2) is 96.1 Å². The van der Waals surface area contributed by atoms with E-state index in [4.69, 9.17) is 0 Å². The quantitative estimate of drug-likeness (QED) is 0.0811. The zero-order valence-corrected chi connectivity index (χ0v) is 42.5. The van der Waals surface area contributed by atoms with Gasteiger partial charge < -0.3 is 29.8 Å². The summed E-state index contributed by atoms with van der Waals surface area (Å²) in [7, 11) is 0. The average molecular weight is 1140 g/mol. The lowest BCUT2D eigenvalue weighted by atomic mass is 9.89. The maximum Gasteiger partial charge on any atom is 0.418 e. The third-order valence-electron chi connectivity index (χ3n) is 14.3. The molecular weight excluding hydrogens is 1080 g/mol. The van der Waals surface area contributed by atoms with Crippen molar-refractivity contribution < 1.29 is 82.1 Å². The molecular formula is C56H50F12N4O6S. The van der Waals surface area contributed by atoms with Crippen LogP contribution in [0.4, 0.5) is 64.1 Å². The number of carboxylic acid groups (broad SMARTS) is 2. The van der Waals surface area contributed by atoms with Crippen molar-refractivity contribution in [2.24, 2.45) is 11.8 Å². The van der Waals surface area contributed by atoms with Crippen LogP contribution in [0.1, 0.15) is 71.9 Å². The van der Waals surface area contributed by atoms with Crippen LogP contribution in [0.5, 0.6) is 0 Å². The second kappa shape index (κ2) is 23.3. The largest absolute Gasteiger partial charge is 0.481 e. The summed E-state index contributed by atoms with van der Waals surface area (Å²) in [5, 5.41) is 19.2. The van der Waals surface area contributed by atoms with Crippen LogP contribution < -0.4 is 9.80 Å². The van der Waals surface area contributed by atoms with Crippen molar-refractivity contribution in [1.29, 1.82) is 0 Å². The smallest absolute Gasteiger partial charge is 0.418 e. The number of piperidine rings is 2. The van der Waals surface area contributed by atoms with Gasteiger partial charge in [0.1, 0.15) is 0 Å². The van der Waals surface area contributed by atoms with Crippen LogP contribution in [0.15, 0.2) is 107 Å². The van der Waals surface area contributed by atoms with Crippen LogP contribution in [0, 0.1) is 11.8 Å². The highest BCUT2D eigenvalue weighted by Gasteiger charge is 2.50. The standard InChI is InChI=1S/C56H50F12N4O6S/c57-53(58,59)47-39(13-15-45(73)71-21-3-1-4-22-71)41(35-9-7-11-37(29-35)69-25-17-33(18-26-69)51(75)76)31-43(49(47)55(63,64)65)79-44-32-42(36-10-8-12-38(30-36)70-27-19-34(20-28-70)52(77)78)40(14-16-46(74)72-23-5-2-6-24-72)48(54(60,61)62)50(44)56(66,67)68/h1-3,5,7-16,29-34H,4,6,17-28H2,(H,75,76)(H,77,78). The van der Waals surface area contributed by atoms with Crippen molar-refractivity contribution in [3.05, 3.63) is 131 Å². The topological polar surface area (TPSA) is 122 Å². The summed E-state index contributed by atoms with van der Waals surface area (Å²) < 4.78 is 190. The Morgan fingerprint density at radius 3 is 1.14 bits per heavy atom. The Hall–Kier alpha value is -7.17. The van der Waals surface area contributed by atoms with Crippen molar-refractivity contribution in [1.82, 2.24) is 9.80 Å². The summed E-state index contributed by atoms with van der Waals surface area (Å²) in [4.78, 5) is 52.9. The fraction of sp³-hybridized carbons (Fsp3) is 0.357. The number of benzene rings is 4. The van der Waals surface area contributed by atoms with Crippen molar-refractivity contribution in [3.63, 3.8) is 0 Å². The highest BCUT2D eigenvalue weighted by atomic mass is 32.2. The predicted octanol–water partition coefficient (Wildman–Crippen LogP) is 13.5. The molecule has 0 radical (unpaired) electrons.